The number of allylic oxidation sites excluding steroid dienone is 2. The van der Waals surface area contributed by atoms with Gasteiger partial charge in [0.15, 0.2) is 0 Å². The van der Waals surface area contributed by atoms with Gasteiger partial charge in [0.1, 0.15) is 0 Å². The lowest BCUT2D eigenvalue weighted by Gasteiger charge is -1.93. The lowest BCUT2D eigenvalue weighted by Crippen LogP contribution is -1.72. The summed E-state index contributed by atoms with van der Waals surface area (Å²) in [5.74, 6) is 0. The third-order valence-electron chi connectivity index (χ3n) is 1.32. The molecule has 0 aromatic heterocycles. The normalized spacial score (nSPS) is 5.62. The first-order valence-corrected chi connectivity index (χ1v) is 6.88. The Balaban J connectivity index is -0.0000000379. The van der Waals surface area contributed by atoms with Crippen LogP contribution in [0.5, 0.6) is 0 Å². The molecule has 1 nitrogen and oxygen atoms in total. The predicted molar refractivity (Wildman–Crippen MR) is 84.3 cm³/mol. The minimum absolute atomic E-state index is 1.22. The van der Waals surface area contributed by atoms with Gasteiger partial charge in [0.05, 0.1) is 0 Å². The molecule has 0 aliphatic carbocycles. The van der Waals surface area contributed by atoms with E-state index in [9.17, 15) is 0 Å². The average Bonchev–Trinajstić information content (AvgIpc) is 2.40. The molecule has 0 atom stereocenters. The second-order valence-corrected chi connectivity index (χ2v) is 1.97. The number of hydrogen-bond acceptors (Lipinski definition) is 1. The van der Waals surface area contributed by atoms with E-state index in [2.05, 4.69) is 50.2 Å². The first-order valence-electron chi connectivity index (χ1n) is 6.13. The van der Waals surface area contributed by atoms with E-state index >= 15 is 0 Å². The molecule has 0 aromatic rings. The van der Waals surface area contributed by atoms with Crippen LogP contribution in [0.15, 0.2) is 16.6 Å². The van der Waals surface area contributed by atoms with E-state index in [-0.39, 0.29) is 0 Å². The average molecular weight is 252 g/mol. The van der Waals surface area contributed by atoms with Crippen LogP contribution in [0.25, 0.3) is 0 Å². The maximum absolute atomic E-state index is 4.64. The van der Waals surface area contributed by atoms with Crippen LogP contribution >= 0.6 is 11.6 Å². The summed E-state index contributed by atoms with van der Waals surface area (Å²) in [6, 6.07) is 0. The van der Waals surface area contributed by atoms with E-state index in [1.165, 1.54) is 19.2 Å². The van der Waals surface area contributed by atoms with Gasteiger partial charge in [0.25, 0.3) is 0 Å². The number of rotatable bonds is 2. The largest absolute Gasteiger partial charge is 0.304 e. The molecule has 0 unspecified atom stereocenters. The highest BCUT2D eigenvalue weighted by Crippen LogP contribution is 2.02. The van der Waals surface area contributed by atoms with Gasteiger partial charge >= 0.3 is 0 Å². The highest BCUT2D eigenvalue weighted by molar-refractivity contribution is 6.15. The fraction of sp³-hybridized carbons (Fsp3) is 0.786. The summed E-state index contributed by atoms with van der Waals surface area (Å²) in [5, 5.41) is 0. The molecule has 0 spiro atoms. The second kappa shape index (κ2) is 61.5. The van der Waals surface area contributed by atoms with Crippen LogP contribution in [0.2, 0.25) is 0 Å². The van der Waals surface area contributed by atoms with Crippen molar-refractivity contribution < 1.29 is 0 Å². The third-order valence-corrected chi connectivity index (χ3v) is 1.32. The molecule has 2 heteroatoms. The summed E-state index contributed by atoms with van der Waals surface area (Å²) in [6.45, 7) is 17.6. The summed E-state index contributed by atoms with van der Waals surface area (Å²) in [5.41, 5.74) is 1.56. The number of alkyl halides is 1. The fourth-order valence-corrected chi connectivity index (χ4v) is 0.658. The molecule has 0 aliphatic heterocycles. The zero-order valence-corrected chi connectivity index (χ0v) is 13.8. The van der Waals surface area contributed by atoms with E-state index in [0.717, 1.165) is 0 Å². The number of nitrogens with zero attached hydrogens (tertiary/aromatic N) is 1. The van der Waals surface area contributed by atoms with Crippen molar-refractivity contribution in [3.8, 4) is 0 Å². The van der Waals surface area contributed by atoms with Crippen molar-refractivity contribution >= 4 is 18.3 Å². The Morgan fingerprint density at radius 2 is 1.25 bits per heavy atom. The van der Waals surface area contributed by atoms with Crippen molar-refractivity contribution in [3.05, 3.63) is 11.6 Å². The van der Waals surface area contributed by atoms with E-state index < -0.39 is 0 Å². The molecule has 0 N–H and O–H groups in total. The topological polar surface area (TPSA) is 12.4 Å². The van der Waals surface area contributed by atoms with Crippen LogP contribution in [0.1, 0.15) is 61.3 Å². The SMILES string of the molecule is C=NC.CC.CC.CC=C(CC)CC.CCl. The van der Waals surface area contributed by atoms with Gasteiger partial charge in [0, 0.05) is 13.4 Å². The van der Waals surface area contributed by atoms with E-state index in [4.69, 9.17) is 0 Å². The third kappa shape index (κ3) is 68.0. The van der Waals surface area contributed by atoms with Crippen LogP contribution in [-0.2, 0) is 0 Å². The highest BCUT2D eigenvalue weighted by Gasteiger charge is 1.82. The summed E-state index contributed by atoms with van der Waals surface area (Å²) >= 11 is 4.64. The molecule has 0 rings (SSSR count). The number of aliphatic imine (C=N–C) groups is 1. The molecule has 0 saturated heterocycles. The van der Waals surface area contributed by atoms with Crippen molar-refractivity contribution in [2.75, 3.05) is 13.4 Å². The molecule has 0 aliphatic rings. The van der Waals surface area contributed by atoms with Crippen LogP contribution in [0.4, 0.5) is 0 Å². The molecule has 0 heterocycles. The van der Waals surface area contributed by atoms with Gasteiger partial charge in [-0.05, 0) is 26.5 Å². The molecule has 16 heavy (non-hydrogen) atoms. The monoisotopic (exact) mass is 251 g/mol. The van der Waals surface area contributed by atoms with Gasteiger partial charge in [-0.1, -0.05) is 53.2 Å². The lowest BCUT2D eigenvalue weighted by molar-refractivity contribution is 0.972. The molecule has 0 saturated carbocycles. The smallest absolute Gasteiger partial charge is 0.0269 e. The van der Waals surface area contributed by atoms with Crippen molar-refractivity contribution in [2.24, 2.45) is 4.99 Å². The second-order valence-electron chi connectivity index (χ2n) is 1.97. The standard InChI is InChI=1S/C7H14.C2H5N.2C2H6.CH3Cl/c1-4-7(5-2)6-3;1-3-2;3*1-2/h4H,5-6H2,1-3H3;1H2,2H3;2*1-2H3;1H3. The molecule has 0 aromatic carbocycles. The van der Waals surface area contributed by atoms with Crippen molar-refractivity contribution in [1.29, 1.82) is 0 Å². The molecule has 0 amide bonds. The van der Waals surface area contributed by atoms with Gasteiger partial charge in [0.2, 0.25) is 0 Å². The van der Waals surface area contributed by atoms with Gasteiger partial charge in [-0.25, -0.2) is 0 Å². The lowest BCUT2D eigenvalue weighted by atomic mass is 10.1. The zero-order valence-electron chi connectivity index (χ0n) is 13.0. The quantitative estimate of drug-likeness (QED) is 0.325. The molecule has 102 valence electrons. The molecular weight excluding hydrogens is 218 g/mol. The Morgan fingerprint density at radius 3 is 1.25 bits per heavy atom. The Morgan fingerprint density at radius 1 is 1.06 bits per heavy atom. The maximum Gasteiger partial charge on any atom is 0.0269 e. The fourth-order valence-electron chi connectivity index (χ4n) is 0.658. The van der Waals surface area contributed by atoms with Gasteiger partial charge < -0.3 is 4.99 Å². The van der Waals surface area contributed by atoms with Crippen molar-refractivity contribution in [3.63, 3.8) is 0 Å². The zero-order chi connectivity index (χ0) is 14.4. The summed E-state index contributed by atoms with van der Waals surface area (Å²) in [7, 11) is 1.64. The van der Waals surface area contributed by atoms with Gasteiger partial charge in [-0.2, -0.15) is 0 Å². The first kappa shape index (κ1) is 29.6. The minimum atomic E-state index is 1.22. The summed E-state index contributed by atoms with van der Waals surface area (Å²) in [4.78, 5) is 3.25. The Bertz CT molecular complexity index is 92.9. The molecule has 0 bridgehead atoms. The molecule has 0 fully saturated rings. The van der Waals surface area contributed by atoms with E-state index in [0.29, 0.717) is 0 Å². The predicted octanol–water partition coefficient (Wildman–Crippen LogP) is 5.98. The van der Waals surface area contributed by atoms with E-state index in [1.54, 1.807) is 12.6 Å². The minimum Gasteiger partial charge on any atom is -0.304 e. The first-order chi connectivity index (χ1) is 7.76. The molecule has 0 radical (unpaired) electrons. The highest BCUT2D eigenvalue weighted by atomic mass is 35.5. The number of halogens is 1. The van der Waals surface area contributed by atoms with Crippen LogP contribution in [0, 0.1) is 0 Å². The molecular formula is C14H34ClN. The number of hydrogen-bond donors (Lipinski definition) is 0. The van der Waals surface area contributed by atoms with Crippen LogP contribution < -0.4 is 0 Å². The summed E-state index contributed by atoms with van der Waals surface area (Å²) < 4.78 is 0. The Kier molecular flexibility index (Phi) is 114. The van der Waals surface area contributed by atoms with Gasteiger partial charge in [-0.15, -0.1) is 11.6 Å². The van der Waals surface area contributed by atoms with Gasteiger partial charge in [-0.3, -0.25) is 0 Å². The summed E-state index contributed by atoms with van der Waals surface area (Å²) in [6.07, 6.45) is 6.10. The van der Waals surface area contributed by atoms with Crippen molar-refractivity contribution in [2.45, 2.75) is 61.3 Å². The van der Waals surface area contributed by atoms with Crippen LogP contribution in [-0.4, -0.2) is 20.1 Å². The maximum atomic E-state index is 4.64. The Hall–Kier alpha value is -0.300. The van der Waals surface area contributed by atoms with Crippen LogP contribution in [0.3, 0.4) is 0 Å². The Labute approximate surface area is 110 Å². The van der Waals surface area contributed by atoms with Crippen molar-refractivity contribution in [1.82, 2.24) is 0 Å². The van der Waals surface area contributed by atoms with E-state index in [1.807, 2.05) is 27.7 Å².